The summed E-state index contributed by atoms with van der Waals surface area (Å²) in [6.07, 6.45) is 0. The molecule has 0 atom stereocenters. The number of rotatable bonds is 8. The van der Waals surface area contributed by atoms with Gasteiger partial charge in [0, 0.05) is 10.7 Å². The first-order chi connectivity index (χ1) is 14.9. The first kappa shape index (κ1) is 45.6. The van der Waals surface area contributed by atoms with E-state index in [1.54, 1.807) is 83.1 Å². The van der Waals surface area contributed by atoms with Crippen molar-refractivity contribution in [2.75, 3.05) is 12.1 Å². The summed E-state index contributed by atoms with van der Waals surface area (Å²) >= 11 is 10.2. The molecule has 0 aromatic rings. The van der Waals surface area contributed by atoms with Gasteiger partial charge in [0.15, 0.2) is 0 Å². The van der Waals surface area contributed by atoms with Crippen LogP contribution in [0.1, 0.15) is 83.1 Å². The third-order valence-electron chi connectivity index (χ3n) is 1.94. The average Bonchev–Trinajstić information content (AvgIpc) is 2.36. The zero-order valence-corrected chi connectivity index (χ0v) is 31.4. The predicted molar refractivity (Wildman–Crippen MR) is 139 cm³/mol. The number of phosphoric ester groups is 2. The van der Waals surface area contributed by atoms with Gasteiger partial charge in [-0.3, -0.25) is 22.6 Å². The van der Waals surface area contributed by atoms with E-state index in [2.05, 4.69) is 14.9 Å². The van der Waals surface area contributed by atoms with E-state index < -0.39 is 53.4 Å². The first-order valence-corrected chi connectivity index (χ1v) is 16.3. The Bertz CT molecular complexity index is 763. The Hall–Kier alpha value is 2.64. The second-order valence-corrected chi connectivity index (χ2v) is 16.0. The first-order valence-electron chi connectivity index (χ1n) is 10.1. The maximum absolute atomic E-state index is 12.1. The van der Waals surface area contributed by atoms with Gasteiger partial charge in [-0.15, -0.1) is 0 Å². The van der Waals surface area contributed by atoms with Crippen LogP contribution in [0, 0.1) is 0 Å². The fourth-order valence-corrected chi connectivity index (χ4v) is 5.68. The third-order valence-corrected chi connectivity index (χ3v) is 6.65. The summed E-state index contributed by atoms with van der Waals surface area (Å²) in [6.45, 7) is 20.8. The van der Waals surface area contributed by atoms with Crippen LogP contribution in [-0.4, -0.2) is 47.8 Å². The Morgan fingerprint density at radius 1 is 0.667 bits per heavy atom. The van der Waals surface area contributed by atoms with Crippen molar-refractivity contribution in [1.29, 1.82) is 0 Å². The normalized spacial score (nSPS) is 13.6. The van der Waals surface area contributed by atoms with E-state index in [0.717, 1.165) is 0 Å². The monoisotopic (exact) mass is 671 g/mol. The van der Waals surface area contributed by atoms with Crippen LogP contribution in [0.15, 0.2) is 0 Å². The molecular weight excluding hydrogens is 632 g/mol. The number of hydrogen-bond donors (Lipinski definition) is 1. The minimum Gasteiger partial charge on any atom is -0.302 e. The molecule has 0 saturated carbocycles. The molecule has 0 saturated heterocycles. The van der Waals surface area contributed by atoms with Crippen molar-refractivity contribution in [3.63, 3.8) is 0 Å². The predicted octanol–water partition coefficient (Wildman–Crippen LogP) is 4.34. The summed E-state index contributed by atoms with van der Waals surface area (Å²) in [4.78, 5) is 9.30. The molecule has 0 aromatic heterocycles. The van der Waals surface area contributed by atoms with E-state index in [0.29, 0.717) is 0 Å². The largest absolute Gasteiger partial charge is 1.00 e. The van der Waals surface area contributed by atoms with Crippen molar-refractivity contribution in [2.45, 2.75) is 105 Å². The van der Waals surface area contributed by atoms with Gasteiger partial charge in [-0.2, -0.15) is 8.42 Å². The van der Waals surface area contributed by atoms with Crippen molar-refractivity contribution in [1.82, 2.24) is 0 Å². The average molecular weight is 673 g/mol. The number of alkyl halides is 2. The van der Waals surface area contributed by atoms with Crippen LogP contribution >= 0.6 is 49.5 Å². The van der Waals surface area contributed by atoms with Crippen LogP contribution in [0.5, 0.6) is 0 Å². The zero-order chi connectivity index (χ0) is 29.2. The third kappa shape index (κ3) is 38.8. The topological polar surface area (TPSA) is 144 Å². The Morgan fingerprint density at radius 2 is 0.944 bits per heavy atom. The van der Waals surface area contributed by atoms with E-state index in [-0.39, 0.29) is 57.5 Å². The molecule has 0 radical (unpaired) electrons. The minimum absolute atomic E-state index is 0. The Balaban J connectivity index is -0.000000223. The Kier molecular flexibility index (Phi) is 23.1. The van der Waals surface area contributed by atoms with Gasteiger partial charge in [-0.25, -0.2) is 13.3 Å². The summed E-state index contributed by atoms with van der Waals surface area (Å²) in [6, 6.07) is -0.671. The van der Waals surface area contributed by atoms with Gasteiger partial charge in [-0.05, 0) is 83.1 Å². The quantitative estimate of drug-likeness (QED) is 0.170. The molecule has 18 heteroatoms. The van der Waals surface area contributed by atoms with Crippen LogP contribution in [-0.2, 0) is 45.3 Å². The molecule has 216 valence electrons. The molecule has 0 amide bonds. The van der Waals surface area contributed by atoms with E-state index in [4.69, 9.17) is 45.8 Å². The molecule has 0 rings (SSSR count). The SMILES string of the molecule is CC(C)(C)OP(=O)(O)OC(C)(C)C.CC(C)(C)OP(=O)(OCCl)OC(C)(C)C.O=S(=O)(Cl)OCCl.[K+]. The molecule has 0 aromatic carbocycles. The van der Waals surface area contributed by atoms with Crippen LogP contribution in [0.3, 0.4) is 0 Å². The van der Waals surface area contributed by atoms with Gasteiger partial charge in [-0.1, -0.05) is 23.2 Å². The van der Waals surface area contributed by atoms with Crippen molar-refractivity contribution < 1.29 is 101 Å². The molecule has 0 heterocycles. The van der Waals surface area contributed by atoms with Crippen LogP contribution in [0.4, 0.5) is 0 Å². The fraction of sp³-hybridized carbons (Fsp3) is 1.00. The molecular formula is C18H41Cl3KO11P2S+. The number of phosphoric acid groups is 2. The molecule has 0 fully saturated rings. The molecule has 11 nitrogen and oxygen atoms in total. The summed E-state index contributed by atoms with van der Waals surface area (Å²) in [5.41, 5.74) is -2.61. The van der Waals surface area contributed by atoms with Gasteiger partial charge in [0.05, 0.1) is 22.4 Å². The summed E-state index contributed by atoms with van der Waals surface area (Å²) < 4.78 is 71.7. The van der Waals surface area contributed by atoms with Gasteiger partial charge in [0.1, 0.15) is 12.1 Å². The smallest absolute Gasteiger partial charge is 0.302 e. The standard InChI is InChI=1S/C9H20ClO4P.C8H19O4P.CH2Cl2O3S.K/c1-8(2,3)13-15(11,12-7-10)14-9(4,5)6;1-7(2,3)11-13(9,10)12-8(4,5)6;2-1-6-7(3,4)5;/h7H2,1-6H3;1-6H3,(H,9,10);1H2;/q;;;+1. The summed E-state index contributed by atoms with van der Waals surface area (Å²) in [5.74, 6) is 0. The maximum Gasteiger partial charge on any atom is 1.00 e. The molecule has 0 bridgehead atoms. The van der Waals surface area contributed by atoms with Gasteiger partial charge >= 0.3 is 76.4 Å². The van der Waals surface area contributed by atoms with E-state index in [1.165, 1.54) is 0 Å². The Labute approximate surface area is 274 Å². The molecule has 0 aliphatic heterocycles. The van der Waals surface area contributed by atoms with Crippen LogP contribution < -0.4 is 51.4 Å². The summed E-state index contributed by atoms with van der Waals surface area (Å²) in [5, 5.41) is 0. The van der Waals surface area contributed by atoms with E-state index >= 15 is 0 Å². The minimum atomic E-state index is -3.94. The van der Waals surface area contributed by atoms with E-state index in [1.807, 2.05) is 0 Å². The van der Waals surface area contributed by atoms with Crippen molar-refractivity contribution in [2.24, 2.45) is 0 Å². The van der Waals surface area contributed by atoms with Crippen molar-refractivity contribution in [3.05, 3.63) is 0 Å². The molecule has 1 N–H and O–H groups in total. The molecule has 36 heavy (non-hydrogen) atoms. The second-order valence-electron chi connectivity index (χ2n) is 10.6. The zero-order valence-electron chi connectivity index (χ0n) is 23.4. The molecule has 0 spiro atoms. The number of halogens is 3. The summed E-state index contributed by atoms with van der Waals surface area (Å²) in [7, 11) is -6.86. The van der Waals surface area contributed by atoms with E-state index in [9.17, 15) is 22.4 Å². The van der Waals surface area contributed by atoms with Gasteiger partial charge in [0.2, 0.25) is 0 Å². The molecule has 0 aliphatic rings. The Morgan fingerprint density at radius 3 is 1.08 bits per heavy atom. The molecule has 0 unspecified atom stereocenters. The van der Waals surface area contributed by atoms with Crippen molar-refractivity contribution >= 4 is 58.9 Å². The fourth-order valence-electron chi connectivity index (χ4n) is 1.57. The van der Waals surface area contributed by atoms with Crippen LogP contribution in [0.2, 0.25) is 0 Å². The van der Waals surface area contributed by atoms with Crippen LogP contribution in [0.25, 0.3) is 0 Å². The maximum atomic E-state index is 12.1. The van der Waals surface area contributed by atoms with Gasteiger partial charge in [0.25, 0.3) is 0 Å². The molecule has 0 aliphatic carbocycles. The number of hydrogen-bond acceptors (Lipinski definition) is 10. The van der Waals surface area contributed by atoms with Crippen molar-refractivity contribution in [3.8, 4) is 0 Å². The van der Waals surface area contributed by atoms with Gasteiger partial charge < -0.3 is 4.89 Å². The second kappa shape index (κ2) is 18.2.